The molecule has 2 rings (SSSR count). The van der Waals surface area contributed by atoms with E-state index >= 15 is 0 Å². The number of carboxylic acids is 1. The predicted molar refractivity (Wildman–Crippen MR) is 80.2 cm³/mol. The third kappa shape index (κ3) is 4.39. The van der Waals surface area contributed by atoms with Gasteiger partial charge in [-0.15, -0.1) is 0 Å². The number of carboxylic acid groups (broad SMARTS) is 1. The third-order valence-electron chi connectivity index (χ3n) is 2.95. The van der Waals surface area contributed by atoms with Gasteiger partial charge in [-0.05, 0) is 42.0 Å². The van der Waals surface area contributed by atoms with Crippen molar-refractivity contribution in [3.63, 3.8) is 0 Å². The van der Waals surface area contributed by atoms with Gasteiger partial charge in [-0.25, -0.2) is 4.79 Å². The highest BCUT2D eigenvalue weighted by Crippen LogP contribution is 2.19. The fourth-order valence-electron chi connectivity index (χ4n) is 1.83. The van der Waals surface area contributed by atoms with Gasteiger partial charge >= 0.3 is 5.97 Å². The van der Waals surface area contributed by atoms with Crippen molar-refractivity contribution in [3.05, 3.63) is 59.1 Å². The summed E-state index contributed by atoms with van der Waals surface area (Å²) >= 11 is 5.79. The van der Waals surface area contributed by atoms with Crippen LogP contribution in [0.15, 0.2) is 48.5 Å². The molecule has 0 aliphatic heterocycles. The molecular weight excluding hydrogens is 292 g/mol. The molecule has 4 nitrogen and oxygen atoms in total. The van der Waals surface area contributed by atoms with Crippen molar-refractivity contribution in [2.24, 2.45) is 0 Å². The maximum Gasteiger partial charge on any atom is 0.345 e. The van der Waals surface area contributed by atoms with Gasteiger partial charge in [0.1, 0.15) is 11.5 Å². The standard InChI is InChI=1S/C16H15ClO4/c1-20-13-6-2-11(3-7-13)10-15(16(18)19)21-14-8-4-12(17)5-9-14/h2-9,15H,10H2,1H3,(H,18,19)/t15-/m1/s1. The molecule has 110 valence electrons. The molecule has 0 heterocycles. The maximum atomic E-state index is 11.3. The predicted octanol–water partition coefficient (Wildman–Crippen LogP) is 3.42. The summed E-state index contributed by atoms with van der Waals surface area (Å²) in [5.41, 5.74) is 0.858. The Morgan fingerprint density at radius 3 is 2.19 bits per heavy atom. The Balaban J connectivity index is 2.07. The van der Waals surface area contributed by atoms with Gasteiger partial charge in [0.25, 0.3) is 0 Å². The normalized spacial score (nSPS) is 11.7. The summed E-state index contributed by atoms with van der Waals surface area (Å²) in [4.78, 5) is 11.3. The Bertz CT molecular complexity index is 593. The van der Waals surface area contributed by atoms with E-state index in [4.69, 9.17) is 21.1 Å². The molecule has 0 radical (unpaired) electrons. The molecule has 0 amide bonds. The van der Waals surface area contributed by atoms with Crippen molar-refractivity contribution in [1.29, 1.82) is 0 Å². The van der Waals surface area contributed by atoms with Crippen molar-refractivity contribution in [1.82, 2.24) is 0 Å². The summed E-state index contributed by atoms with van der Waals surface area (Å²) in [6, 6.07) is 13.8. The molecule has 2 aromatic rings. The monoisotopic (exact) mass is 306 g/mol. The minimum absolute atomic E-state index is 0.266. The van der Waals surface area contributed by atoms with Crippen molar-refractivity contribution >= 4 is 17.6 Å². The molecule has 0 unspecified atom stereocenters. The topological polar surface area (TPSA) is 55.8 Å². The molecule has 0 saturated heterocycles. The molecule has 2 aromatic carbocycles. The van der Waals surface area contributed by atoms with Crippen LogP contribution in [0.1, 0.15) is 5.56 Å². The van der Waals surface area contributed by atoms with Crippen LogP contribution in [0.3, 0.4) is 0 Å². The van der Waals surface area contributed by atoms with Crippen LogP contribution in [-0.4, -0.2) is 24.3 Å². The zero-order valence-corrected chi connectivity index (χ0v) is 12.2. The van der Waals surface area contributed by atoms with Crippen LogP contribution in [0.25, 0.3) is 0 Å². The van der Waals surface area contributed by atoms with Crippen LogP contribution in [0.4, 0.5) is 0 Å². The Labute approximate surface area is 127 Å². The van der Waals surface area contributed by atoms with Crippen LogP contribution in [0.5, 0.6) is 11.5 Å². The lowest BCUT2D eigenvalue weighted by Crippen LogP contribution is -2.29. The number of benzene rings is 2. The lowest BCUT2D eigenvalue weighted by molar-refractivity contribution is -0.145. The van der Waals surface area contributed by atoms with E-state index < -0.39 is 12.1 Å². The van der Waals surface area contributed by atoms with E-state index in [0.29, 0.717) is 10.8 Å². The Morgan fingerprint density at radius 1 is 1.10 bits per heavy atom. The zero-order valence-electron chi connectivity index (χ0n) is 11.5. The molecule has 0 aromatic heterocycles. The van der Waals surface area contributed by atoms with Crippen LogP contribution in [0.2, 0.25) is 5.02 Å². The average molecular weight is 307 g/mol. The fourth-order valence-corrected chi connectivity index (χ4v) is 1.96. The van der Waals surface area contributed by atoms with Gasteiger partial charge in [-0.3, -0.25) is 0 Å². The molecular formula is C16H15ClO4. The minimum atomic E-state index is -1.01. The van der Waals surface area contributed by atoms with Gasteiger partial charge in [-0.2, -0.15) is 0 Å². The van der Waals surface area contributed by atoms with E-state index in [1.165, 1.54) is 0 Å². The van der Waals surface area contributed by atoms with E-state index in [2.05, 4.69) is 0 Å². The number of hydrogen-bond acceptors (Lipinski definition) is 3. The van der Waals surface area contributed by atoms with Crippen molar-refractivity contribution < 1.29 is 19.4 Å². The Kier molecular flexibility index (Phi) is 5.06. The summed E-state index contributed by atoms with van der Waals surface area (Å²) in [7, 11) is 1.58. The van der Waals surface area contributed by atoms with Crippen molar-refractivity contribution in [3.8, 4) is 11.5 Å². The number of methoxy groups -OCH3 is 1. The van der Waals surface area contributed by atoms with Gasteiger partial charge < -0.3 is 14.6 Å². The van der Waals surface area contributed by atoms with Crippen LogP contribution in [0, 0.1) is 0 Å². The number of halogens is 1. The van der Waals surface area contributed by atoms with E-state index in [-0.39, 0.29) is 6.42 Å². The molecule has 1 atom stereocenters. The molecule has 5 heteroatoms. The first-order valence-electron chi connectivity index (χ1n) is 6.36. The second-order valence-corrected chi connectivity index (χ2v) is 4.89. The van der Waals surface area contributed by atoms with Gasteiger partial charge in [-0.1, -0.05) is 23.7 Å². The smallest absolute Gasteiger partial charge is 0.345 e. The average Bonchev–Trinajstić information content (AvgIpc) is 2.49. The van der Waals surface area contributed by atoms with Crippen molar-refractivity contribution in [2.45, 2.75) is 12.5 Å². The van der Waals surface area contributed by atoms with Crippen LogP contribution >= 0.6 is 11.6 Å². The van der Waals surface area contributed by atoms with E-state index in [0.717, 1.165) is 11.3 Å². The SMILES string of the molecule is COc1ccc(C[C@@H](Oc2ccc(Cl)cc2)C(=O)O)cc1. The summed E-state index contributed by atoms with van der Waals surface area (Å²) in [5.74, 6) is 0.185. The summed E-state index contributed by atoms with van der Waals surface area (Å²) in [5, 5.41) is 9.85. The molecule has 0 saturated carbocycles. The maximum absolute atomic E-state index is 11.3. The van der Waals surface area contributed by atoms with Crippen molar-refractivity contribution in [2.75, 3.05) is 7.11 Å². The van der Waals surface area contributed by atoms with Gasteiger partial charge in [0.15, 0.2) is 6.10 Å². The number of hydrogen-bond donors (Lipinski definition) is 1. The number of rotatable bonds is 6. The van der Waals surface area contributed by atoms with Gasteiger partial charge in [0.05, 0.1) is 7.11 Å². The van der Waals surface area contributed by atoms with Gasteiger partial charge in [0.2, 0.25) is 0 Å². The highest BCUT2D eigenvalue weighted by Gasteiger charge is 2.20. The molecule has 0 spiro atoms. The first kappa shape index (κ1) is 15.2. The largest absolute Gasteiger partial charge is 0.497 e. The summed E-state index contributed by atoms with van der Waals surface area (Å²) < 4.78 is 10.6. The second-order valence-electron chi connectivity index (χ2n) is 4.45. The molecule has 1 N–H and O–H groups in total. The molecule has 0 fully saturated rings. The molecule has 21 heavy (non-hydrogen) atoms. The number of aliphatic carboxylic acids is 1. The first-order chi connectivity index (χ1) is 10.1. The first-order valence-corrected chi connectivity index (χ1v) is 6.74. The third-order valence-corrected chi connectivity index (χ3v) is 3.20. The highest BCUT2D eigenvalue weighted by atomic mass is 35.5. The number of ether oxygens (including phenoxy) is 2. The molecule has 0 aliphatic rings. The van der Waals surface area contributed by atoms with E-state index in [1.807, 2.05) is 12.1 Å². The van der Waals surface area contributed by atoms with Gasteiger partial charge in [0, 0.05) is 11.4 Å². The summed E-state index contributed by atoms with van der Waals surface area (Å²) in [6.45, 7) is 0. The van der Waals surface area contributed by atoms with E-state index in [9.17, 15) is 9.90 Å². The second kappa shape index (κ2) is 6.99. The lowest BCUT2D eigenvalue weighted by Gasteiger charge is -2.15. The lowest BCUT2D eigenvalue weighted by atomic mass is 10.1. The molecule has 0 bridgehead atoms. The Hall–Kier alpha value is -2.20. The quantitative estimate of drug-likeness (QED) is 0.888. The van der Waals surface area contributed by atoms with E-state index in [1.54, 1.807) is 43.5 Å². The Morgan fingerprint density at radius 2 is 1.67 bits per heavy atom. The highest BCUT2D eigenvalue weighted by molar-refractivity contribution is 6.30. The van der Waals surface area contributed by atoms with Crippen LogP contribution < -0.4 is 9.47 Å². The molecule has 0 aliphatic carbocycles. The number of carbonyl (C=O) groups is 1. The fraction of sp³-hybridized carbons (Fsp3) is 0.188. The zero-order chi connectivity index (χ0) is 15.2. The van der Waals surface area contributed by atoms with Crippen LogP contribution in [-0.2, 0) is 11.2 Å². The minimum Gasteiger partial charge on any atom is -0.497 e. The summed E-state index contributed by atoms with van der Waals surface area (Å²) in [6.07, 6.45) is -0.693.